The van der Waals surface area contributed by atoms with Gasteiger partial charge in [-0.2, -0.15) is 4.37 Å². The van der Waals surface area contributed by atoms with Gasteiger partial charge in [-0.3, -0.25) is 10.1 Å². The molecule has 6 nitrogen and oxygen atoms in total. The maximum Gasteiger partial charge on any atom is 0.412 e. The van der Waals surface area contributed by atoms with E-state index < -0.39 is 17.6 Å². The van der Waals surface area contributed by atoms with Crippen molar-refractivity contribution in [3.05, 3.63) is 94.6 Å². The minimum absolute atomic E-state index is 0.166. The molecule has 1 aliphatic rings. The Morgan fingerprint density at radius 2 is 1.58 bits per heavy atom. The summed E-state index contributed by atoms with van der Waals surface area (Å²) in [6.45, 7) is 3.63. The highest BCUT2D eigenvalue weighted by Crippen LogP contribution is 2.49. The first kappa shape index (κ1) is 25.9. The third-order valence-corrected chi connectivity index (χ3v) is 8.29. The smallest absolute Gasteiger partial charge is 0.412 e. The number of benzene rings is 3. The highest BCUT2D eigenvalue weighted by Gasteiger charge is 2.52. The van der Waals surface area contributed by atoms with Crippen LogP contribution in [0.3, 0.4) is 0 Å². The number of carbonyl (C=O) groups is 2. The Hall–Kier alpha value is -3.68. The quantitative estimate of drug-likeness (QED) is 0.238. The average molecular weight is 547 g/mol. The lowest BCUT2D eigenvalue weighted by atomic mass is 9.93. The topological polar surface area (TPSA) is 77.5 Å². The van der Waals surface area contributed by atoms with Crippen LogP contribution in [0.25, 0.3) is 21.6 Å². The van der Waals surface area contributed by atoms with E-state index in [-0.39, 0.29) is 5.97 Å². The maximum atomic E-state index is 12.7. The van der Waals surface area contributed by atoms with Crippen molar-refractivity contribution in [3.63, 3.8) is 0 Å². The summed E-state index contributed by atoms with van der Waals surface area (Å²) in [6.07, 6.45) is 0.571. The number of aromatic nitrogens is 1. The summed E-state index contributed by atoms with van der Waals surface area (Å²) in [6, 6.07) is 23.5. The second kappa shape index (κ2) is 10.6. The van der Waals surface area contributed by atoms with Gasteiger partial charge in [-0.25, -0.2) is 4.79 Å². The van der Waals surface area contributed by atoms with Gasteiger partial charge < -0.3 is 9.47 Å². The van der Waals surface area contributed by atoms with Crippen molar-refractivity contribution in [1.82, 2.24) is 4.37 Å². The number of anilines is 1. The first-order chi connectivity index (χ1) is 18.3. The fourth-order valence-corrected chi connectivity index (χ4v) is 5.74. The van der Waals surface area contributed by atoms with Crippen LogP contribution in [0.4, 0.5) is 10.5 Å². The van der Waals surface area contributed by atoms with Crippen molar-refractivity contribution in [3.8, 4) is 21.6 Å². The van der Waals surface area contributed by atoms with Gasteiger partial charge in [0.1, 0.15) is 6.10 Å². The van der Waals surface area contributed by atoms with E-state index in [1.807, 2.05) is 73.7 Å². The number of nitrogens with one attached hydrogen (secondary N) is 1. The number of hydrogen-bond donors (Lipinski definition) is 1. The van der Waals surface area contributed by atoms with Crippen LogP contribution in [-0.2, 0) is 19.7 Å². The van der Waals surface area contributed by atoms with E-state index in [1.54, 1.807) is 13.0 Å². The van der Waals surface area contributed by atoms with E-state index in [1.165, 1.54) is 18.6 Å². The summed E-state index contributed by atoms with van der Waals surface area (Å²) in [5.41, 5.74) is 5.64. The number of halogens is 1. The molecule has 4 aromatic rings. The lowest BCUT2D eigenvalue weighted by molar-refractivity contribution is -0.143. The molecule has 1 aliphatic carbocycles. The minimum atomic E-state index is -0.570. The molecule has 1 saturated carbocycles. The number of hydrogen-bond acceptors (Lipinski definition) is 6. The maximum absolute atomic E-state index is 12.7. The fraction of sp³-hybridized carbons (Fsp3) is 0.233. The molecule has 0 radical (unpaired) electrons. The van der Waals surface area contributed by atoms with Crippen LogP contribution in [0.15, 0.2) is 72.8 Å². The molecule has 0 bridgehead atoms. The standard InChI is InChI=1S/C30H27ClN2O4S/c1-18-26(32-29(35)37-19(2)24-6-4-5-7-25(24)31)27(38-33-18)22-10-8-20(9-11-22)21-12-14-23(15-13-21)30(16-17-30)28(34)36-3/h4-15,19H,16-17H2,1-3H3,(H,32,35)/t19-/m1/s1. The van der Waals surface area contributed by atoms with Gasteiger partial charge in [-0.15, -0.1) is 0 Å². The minimum Gasteiger partial charge on any atom is -0.468 e. The van der Waals surface area contributed by atoms with E-state index >= 15 is 0 Å². The number of amides is 1. The number of nitrogens with zero attached hydrogens (tertiary/aromatic N) is 1. The van der Waals surface area contributed by atoms with Crippen LogP contribution in [0.1, 0.15) is 42.7 Å². The second-order valence-corrected chi connectivity index (χ2v) is 10.6. The molecule has 38 heavy (non-hydrogen) atoms. The van der Waals surface area contributed by atoms with Gasteiger partial charge in [0.2, 0.25) is 0 Å². The fourth-order valence-electron chi connectivity index (χ4n) is 4.60. The number of carbonyl (C=O) groups excluding carboxylic acids is 2. The highest BCUT2D eigenvalue weighted by atomic mass is 35.5. The van der Waals surface area contributed by atoms with E-state index in [0.717, 1.165) is 45.5 Å². The van der Waals surface area contributed by atoms with Crippen molar-refractivity contribution >= 4 is 40.9 Å². The van der Waals surface area contributed by atoms with Crippen molar-refractivity contribution in [2.75, 3.05) is 12.4 Å². The third kappa shape index (κ3) is 5.04. The van der Waals surface area contributed by atoms with Gasteiger partial charge in [0.05, 0.1) is 28.8 Å². The van der Waals surface area contributed by atoms with Crippen molar-refractivity contribution in [2.45, 2.75) is 38.2 Å². The lowest BCUT2D eigenvalue weighted by Gasteiger charge is -2.16. The molecule has 1 aromatic heterocycles. The van der Waals surface area contributed by atoms with Gasteiger partial charge in [0.15, 0.2) is 0 Å². The largest absolute Gasteiger partial charge is 0.468 e. The zero-order chi connectivity index (χ0) is 26.9. The first-order valence-corrected chi connectivity index (χ1v) is 13.5. The molecule has 1 amide bonds. The summed E-state index contributed by atoms with van der Waals surface area (Å²) in [5, 5.41) is 3.42. The highest BCUT2D eigenvalue weighted by molar-refractivity contribution is 7.10. The number of esters is 1. The molecule has 194 valence electrons. The normalized spacial score (nSPS) is 14.4. The number of aryl methyl sites for hydroxylation is 1. The van der Waals surface area contributed by atoms with Gasteiger partial charge >= 0.3 is 12.1 Å². The monoisotopic (exact) mass is 546 g/mol. The van der Waals surface area contributed by atoms with Crippen LogP contribution in [-0.4, -0.2) is 23.5 Å². The number of methoxy groups -OCH3 is 1. The molecule has 1 N–H and O–H groups in total. The molecule has 8 heteroatoms. The van der Waals surface area contributed by atoms with Gasteiger partial charge in [-0.05, 0) is 66.5 Å². The molecule has 1 fully saturated rings. The van der Waals surface area contributed by atoms with Gasteiger partial charge in [0, 0.05) is 10.6 Å². The molecule has 1 atom stereocenters. The summed E-state index contributed by atoms with van der Waals surface area (Å²) < 4.78 is 15.0. The number of ether oxygens (including phenoxy) is 2. The zero-order valence-electron chi connectivity index (χ0n) is 21.3. The van der Waals surface area contributed by atoms with Crippen molar-refractivity contribution in [1.29, 1.82) is 0 Å². The Balaban J connectivity index is 1.30. The number of rotatable bonds is 7. The van der Waals surface area contributed by atoms with E-state index in [9.17, 15) is 9.59 Å². The molecular formula is C30H27ClN2O4S. The Morgan fingerprint density at radius 1 is 0.974 bits per heavy atom. The predicted octanol–water partition coefficient (Wildman–Crippen LogP) is 7.95. The van der Waals surface area contributed by atoms with E-state index in [2.05, 4.69) is 9.69 Å². The SMILES string of the molecule is COC(=O)C1(c2ccc(-c3ccc(-c4snc(C)c4NC(=O)O[C@H](C)c4ccccc4Cl)cc3)cc2)CC1. The molecule has 0 aliphatic heterocycles. The summed E-state index contributed by atoms with van der Waals surface area (Å²) in [7, 11) is 1.44. The van der Waals surface area contributed by atoms with E-state index in [0.29, 0.717) is 16.4 Å². The summed E-state index contributed by atoms with van der Waals surface area (Å²) >= 11 is 7.56. The molecule has 5 rings (SSSR count). The molecule has 1 heterocycles. The van der Waals surface area contributed by atoms with Gasteiger partial charge in [0.25, 0.3) is 0 Å². The molecule has 3 aromatic carbocycles. The Labute approximate surface area is 230 Å². The Morgan fingerprint density at radius 3 is 2.18 bits per heavy atom. The third-order valence-electron chi connectivity index (χ3n) is 6.96. The lowest BCUT2D eigenvalue weighted by Crippen LogP contribution is -2.21. The summed E-state index contributed by atoms with van der Waals surface area (Å²) in [4.78, 5) is 25.7. The Bertz CT molecular complexity index is 1480. The summed E-state index contributed by atoms with van der Waals surface area (Å²) in [5.74, 6) is -0.166. The molecule has 0 spiro atoms. The van der Waals surface area contributed by atoms with Crippen LogP contribution in [0.5, 0.6) is 0 Å². The van der Waals surface area contributed by atoms with Crippen molar-refractivity contribution < 1.29 is 19.1 Å². The average Bonchev–Trinajstić information content (AvgIpc) is 3.67. The molecule has 0 saturated heterocycles. The molecular weight excluding hydrogens is 520 g/mol. The zero-order valence-corrected chi connectivity index (χ0v) is 22.9. The van der Waals surface area contributed by atoms with Crippen LogP contribution >= 0.6 is 23.1 Å². The molecule has 0 unspecified atom stereocenters. The van der Waals surface area contributed by atoms with E-state index in [4.69, 9.17) is 21.1 Å². The van der Waals surface area contributed by atoms with Crippen molar-refractivity contribution in [2.24, 2.45) is 0 Å². The van der Waals surface area contributed by atoms with Gasteiger partial charge in [-0.1, -0.05) is 78.3 Å². The second-order valence-electron chi connectivity index (χ2n) is 9.39. The van der Waals surface area contributed by atoms with Crippen LogP contribution < -0.4 is 5.32 Å². The first-order valence-electron chi connectivity index (χ1n) is 12.3. The Kier molecular flexibility index (Phi) is 7.23. The predicted molar refractivity (Wildman–Crippen MR) is 151 cm³/mol. The van der Waals surface area contributed by atoms with Crippen LogP contribution in [0, 0.1) is 6.92 Å². The van der Waals surface area contributed by atoms with Crippen LogP contribution in [0.2, 0.25) is 5.02 Å².